The van der Waals surface area contributed by atoms with Crippen LogP contribution < -0.4 is 10.2 Å². The van der Waals surface area contributed by atoms with Gasteiger partial charge < -0.3 is 15.1 Å². The Morgan fingerprint density at radius 1 is 1.27 bits per heavy atom. The molecule has 1 saturated heterocycles. The molecule has 0 amide bonds. The molecule has 2 aliphatic rings. The van der Waals surface area contributed by atoms with Gasteiger partial charge in [0.1, 0.15) is 0 Å². The number of rotatable bonds is 4. The topological polar surface area (TPSA) is 31.4 Å². The summed E-state index contributed by atoms with van der Waals surface area (Å²) >= 11 is 12.7. The van der Waals surface area contributed by atoms with Crippen LogP contribution in [0.25, 0.3) is 5.57 Å². The predicted molar refractivity (Wildman–Crippen MR) is 130 cm³/mol. The summed E-state index contributed by atoms with van der Waals surface area (Å²) in [4.78, 5) is 9.17. The van der Waals surface area contributed by atoms with Crippen LogP contribution in [0.15, 0.2) is 42.6 Å². The largest absolute Gasteiger partial charge is 0.365 e. The molecule has 1 N–H and O–H groups in total. The highest BCUT2D eigenvalue weighted by atomic mass is 35.5. The molecule has 1 aromatic carbocycles. The van der Waals surface area contributed by atoms with Crippen LogP contribution in [0.2, 0.25) is 5.02 Å². The number of likely N-dealkylation sites (N-methyl/N-ethyl adjacent to an activating group) is 1. The van der Waals surface area contributed by atoms with Gasteiger partial charge in [0.05, 0.1) is 23.3 Å². The van der Waals surface area contributed by atoms with Gasteiger partial charge in [-0.2, -0.15) is 0 Å². The summed E-state index contributed by atoms with van der Waals surface area (Å²) < 4.78 is 0. The molecular weight excluding hydrogens is 412 g/mol. The molecule has 0 bridgehead atoms. The molecule has 2 atom stereocenters. The molecule has 2 aromatic rings. The number of nitrogens with one attached hydrogen (secondary N) is 1. The SMILES string of the molecule is CCCN1C(=S)N[C@@H](c2ccccn2)[C@@H]1c1cc2c(cc1Cl)N(C)C(C)(C)C=C2C. The molecule has 3 heterocycles. The zero-order valence-electron chi connectivity index (χ0n) is 18.2. The lowest BCUT2D eigenvalue weighted by Gasteiger charge is -2.41. The average Bonchev–Trinajstić information content (AvgIpc) is 3.03. The Bertz CT molecular complexity index is 1000. The van der Waals surface area contributed by atoms with E-state index < -0.39 is 0 Å². The first-order valence-electron chi connectivity index (χ1n) is 10.5. The number of fused-ring (bicyclic) bond motifs is 1. The fourth-order valence-electron chi connectivity index (χ4n) is 4.64. The van der Waals surface area contributed by atoms with E-state index in [4.69, 9.17) is 23.8 Å². The highest BCUT2D eigenvalue weighted by Gasteiger charge is 2.41. The molecule has 0 saturated carbocycles. The molecule has 2 aliphatic heterocycles. The molecule has 0 spiro atoms. The number of allylic oxidation sites excluding steroid dienone is 1. The molecule has 6 heteroatoms. The van der Waals surface area contributed by atoms with Crippen LogP contribution in [-0.4, -0.2) is 34.1 Å². The number of thiocarbonyl (C=S) groups is 1. The maximum absolute atomic E-state index is 6.95. The molecule has 158 valence electrons. The summed E-state index contributed by atoms with van der Waals surface area (Å²) in [6.07, 6.45) is 5.16. The zero-order valence-corrected chi connectivity index (χ0v) is 19.8. The van der Waals surface area contributed by atoms with Crippen LogP contribution in [0.5, 0.6) is 0 Å². The summed E-state index contributed by atoms with van der Waals surface area (Å²) in [6, 6.07) is 10.3. The molecule has 4 nitrogen and oxygen atoms in total. The normalized spacial score (nSPS) is 22.6. The van der Waals surface area contributed by atoms with Gasteiger partial charge in [-0.15, -0.1) is 0 Å². The van der Waals surface area contributed by atoms with Crippen LogP contribution in [0.1, 0.15) is 63.0 Å². The van der Waals surface area contributed by atoms with Crippen LogP contribution in [0.4, 0.5) is 5.69 Å². The second-order valence-corrected chi connectivity index (χ2v) is 9.54. The second-order valence-electron chi connectivity index (χ2n) is 8.75. The molecule has 1 aromatic heterocycles. The van der Waals surface area contributed by atoms with Crippen LogP contribution in [0.3, 0.4) is 0 Å². The van der Waals surface area contributed by atoms with Crippen molar-refractivity contribution in [3.63, 3.8) is 0 Å². The van der Waals surface area contributed by atoms with E-state index in [1.165, 1.54) is 16.8 Å². The first-order chi connectivity index (χ1) is 14.2. The first kappa shape index (κ1) is 21.1. The highest BCUT2D eigenvalue weighted by molar-refractivity contribution is 7.80. The van der Waals surface area contributed by atoms with Gasteiger partial charge >= 0.3 is 0 Å². The average molecular weight is 441 g/mol. The van der Waals surface area contributed by atoms with Gasteiger partial charge in [-0.05, 0) is 74.8 Å². The Morgan fingerprint density at radius 3 is 2.70 bits per heavy atom. The molecule has 0 unspecified atom stereocenters. The van der Waals surface area contributed by atoms with E-state index in [0.717, 1.165) is 34.4 Å². The summed E-state index contributed by atoms with van der Waals surface area (Å²) in [7, 11) is 2.13. The van der Waals surface area contributed by atoms with E-state index in [0.29, 0.717) is 0 Å². The van der Waals surface area contributed by atoms with Crippen molar-refractivity contribution in [2.24, 2.45) is 0 Å². The minimum atomic E-state index is -0.0524. The van der Waals surface area contributed by atoms with Crippen molar-refractivity contribution in [3.05, 3.63) is 64.4 Å². The van der Waals surface area contributed by atoms with Gasteiger partial charge in [-0.25, -0.2) is 0 Å². The predicted octanol–water partition coefficient (Wildman–Crippen LogP) is 5.75. The Kier molecular flexibility index (Phi) is 5.54. The van der Waals surface area contributed by atoms with Crippen molar-refractivity contribution < 1.29 is 0 Å². The van der Waals surface area contributed by atoms with Crippen LogP contribution >= 0.6 is 23.8 Å². The Labute approximate surface area is 189 Å². The number of aromatic nitrogens is 1. The van der Waals surface area contributed by atoms with Crippen molar-refractivity contribution >= 4 is 40.2 Å². The number of halogens is 1. The molecule has 0 aliphatic carbocycles. The van der Waals surface area contributed by atoms with Gasteiger partial charge in [0.15, 0.2) is 5.11 Å². The fraction of sp³-hybridized carbons (Fsp3) is 0.417. The number of hydrogen-bond donors (Lipinski definition) is 1. The van der Waals surface area contributed by atoms with Crippen molar-refractivity contribution in [1.82, 2.24) is 15.2 Å². The number of anilines is 1. The third kappa shape index (κ3) is 3.48. The Balaban J connectivity index is 1.86. The van der Waals surface area contributed by atoms with E-state index >= 15 is 0 Å². The van der Waals surface area contributed by atoms with Gasteiger partial charge in [-0.3, -0.25) is 4.98 Å². The van der Waals surface area contributed by atoms with Gasteiger partial charge in [-0.1, -0.05) is 30.7 Å². The summed E-state index contributed by atoms with van der Waals surface area (Å²) in [5.74, 6) is 0. The third-order valence-electron chi connectivity index (χ3n) is 6.32. The van der Waals surface area contributed by atoms with E-state index in [2.05, 4.69) is 79.1 Å². The van der Waals surface area contributed by atoms with Crippen molar-refractivity contribution in [2.45, 2.75) is 51.7 Å². The second kappa shape index (κ2) is 7.86. The smallest absolute Gasteiger partial charge is 0.170 e. The molecule has 30 heavy (non-hydrogen) atoms. The number of pyridine rings is 1. The lowest BCUT2D eigenvalue weighted by Crippen LogP contribution is -2.42. The summed E-state index contributed by atoms with van der Waals surface area (Å²) in [6.45, 7) is 9.67. The van der Waals surface area contributed by atoms with E-state index in [9.17, 15) is 0 Å². The maximum atomic E-state index is 6.95. The van der Waals surface area contributed by atoms with Gasteiger partial charge in [0, 0.05) is 36.1 Å². The lowest BCUT2D eigenvalue weighted by molar-refractivity contribution is 0.318. The van der Waals surface area contributed by atoms with Crippen molar-refractivity contribution in [3.8, 4) is 0 Å². The van der Waals surface area contributed by atoms with E-state index in [1.54, 1.807) is 0 Å². The Morgan fingerprint density at radius 2 is 2.03 bits per heavy atom. The Hall–Kier alpha value is -2.11. The lowest BCUT2D eigenvalue weighted by atomic mass is 9.86. The standard InChI is InChI=1S/C24H29ClN4S/c1-6-11-29-22(21(27-23(29)30)19-9-7-8-10-26-19)17-12-16-15(2)14-24(3,4)28(5)20(16)13-18(17)25/h7-10,12-14,21-22H,6,11H2,1-5H3,(H,27,30)/t21-,22-/m0/s1. The number of hydrogen-bond acceptors (Lipinski definition) is 3. The molecular formula is C24H29ClN4S. The van der Waals surface area contributed by atoms with Crippen molar-refractivity contribution in [1.29, 1.82) is 0 Å². The third-order valence-corrected chi connectivity index (χ3v) is 7.00. The van der Waals surface area contributed by atoms with Crippen LogP contribution in [0, 0.1) is 0 Å². The minimum absolute atomic E-state index is 0.00167. The highest BCUT2D eigenvalue weighted by Crippen LogP contribution is 2.46. The molecule has 0 radical (unpaired) electrons. The number of nitrogens with zero attached hydrogens (tertiary/aromatic N) is 3. The van der Waals surface area contributed by atoms with Gasteiger partial charge in [0.2, 0.25) is 0 Å². The summed E-state index contributed by atoms with van der Waals surface area (Å²) in [5, 5.41) is 5.03. The summed E-state index contributed by atoms with van der Waals surface area (Å²) in [5.41, 5.74) is 5.68. The van der Waals surface area contributed by atoms with Gasteiger partial charge in [0.25, 0.3) is 0 Å². The van der Waals surface area contributed by atoms with Crippen molar-refractivity contribution in [2.75, 3.05) is 18.5 Å². The minimum Gasteiger partial charge on any atom is -0.365 e. The van der Waals surface area contributed by atoms with E-state index in [1.807, 2.05) is 18.3 Å². The molecule has 1 fully saturated rings. The van der Waals surface area contributed by atoms with Crippen LogP contribution in [-0.2, 0) is 0 Å². The maximum Gasteiger partial charge on any atom is 0.170 e. The molecule has 4 rings (SSSR count). The number of benzene rings is 1. The fourth-order valence-corrected chi connectivity index (χ4v) is 5.24. The quantitative estimate of drug-likeness (QED) is 0.612. The van der Waals surface area contributed by atoms with E-state index in [-0.39, 0.29) is 17.6 Å². The zero-order chi connectivity index (χ0) is 21.6. The monoisotopic (exact) mass is 440 g/mol. The first-order valence-corrected chi connectivity index (χ1v) is 11.3.